The zero-order valence-electron chi connectivity index (χ0n) is 11.3. The Labute approximate surface area is 130 Å². The fourth-order valence-electron chi connectivity index (χ4n) is 0.340. The fourth-order valence-corrected chi connectivity index (χ4v) is 0.340. The van der Waals surface area contributed by atoms with Crippen LogP contribution in [-0.2, 0) is 21.7 Å². The third-order valence-electron chi connectivity index (χ3n) is 0.804. The number of alkyl halides is 2. The van der Waals surface area contributed by atoms with Gasteiger partial charge in [0.15, 0.2) is 4.96 Å². The Morgan fingerprint density at radius 2 is 1.50 bits per heavy atom. The summed E-state index contributed by atoms with van der Waals surface area (Å²) < 4.78 is 0. The van der Waals surface area contributed by atoms with E-state index in [4.69, 9.17) is 23.2 Å². The van der Waals surface area contributed by atoms with Gasteiger partial charge >= 0.3 is 0 Å². The second-order valence-electron chi connectivity index (χ2n) is 1.59. The van der Waals surface area contributed by atoms with Crippen LogP contribution in [0.2, 0.25) is 0 Å². The molecule has 0 aliphatic heterocycles. The predicted molar refractivity (Wildman–Crippen MR) is 78.2 cm³/mol. The summed E-state index contributed by atoms with van der Waals surface area (Å²) in [5, 5.41) is 2.56. The Hall–Kier alpha value is 0.734. The summed E-state index contributed by atoms with van der Waals surface area (Å²) in [6, 6.07) is 0. The molecule has 0 atom stereocenters. The summed E-state index contributed by atoms with van der Waals surface area (Å²) >= 11 is 10.2. The van der Waals surface area contributed by atoms with Crippen molar-refractivity contribution in [1.29, 1.82) is 0 Å². The molecule has 0 amide bonds. The van der Waals surface area contributed by atoms with Crippen molar-refractivity contribution in [3.05, 3.63) is 61.4 Å². The minimum atomic E-state index is -0.421. The van der Waals surface area contributed by atoms with Gasteiger partial charge in [-0.2, -0.15) is 6.08 Å². The van der Waals surface area contributed by atoms with Crippen LogP contribution in [0.1, 0.15) is 6.42 Å². The SMILES string of the molecule is CNC(Cl)Cl.[C-]1=CC=CC1.[CH3-].[CH3-].[CH3-].[CH3-].[CH3-].[Ti]. The number of hydrogen-bond donors (Lipinski definition) is 1. The fraction of sp³-hybridized carbons (Fsp3) is 0.250. The molecule has 102 valence electrons. The standard InChI is InChI=1S/C5H5.C2H5Cl2N.5CH3.Ti/c1-2-4-5-3-1;1-5-2(3)4;;;;;;/h1-3H,4H2;2,5H,1H3;5*1H3;/q-1;;5*-1;. The van der Waals surface area contributed by atoms with Crippen LogP contribution < -0.4 is 5.32 Å². The molecule has 0 bridgehead atoms. The first-order chi connectivity index (χ1) is 4.77. The number of halogens is 2. The molecule has 0 aromatic heterocycles. The molecule has 16 heavy (non-hydrogen) atoms. The van der Waals surface area contributed by atoms with E-state index in [2.05, 4.69) is 17.5 Å². The van der Waals surface area contributed by atoms with Crippen molar-refractivity contribution in [2.24, 2.45) is 0 Å². The van der Waals surface area contributed by atoms with Crippen LogP contribution in [0.25, 0.3) is 0 Å². The molecule has 0 saturated carbocycles. The van der Waals surface area contributed by atoms with Gasteiger partial charge in [0.05, 0.1) is 0 Å². The van der Waals surface area contributed by atoms with Crippen molar-refractivity contribution in [2.75, 3.05) is 7.05 Å². The number of hydrogen-bond acceptors (Lipinski definition) is 1. The zero-order chi connectivity index (χ0) is 7.82. The number of allylic oxidation sites excluding steroid dienone is 4. The van der Waals surface area contributed by atoms with Gasteiger partial charge in [-0.3, -0.25) is 11.4 Å². The summed E-state index contributed by atoms with van der Waals surface area (Å²) in [5.41, 5.74) is 0. The Morgan fingerprint density at radius 3 is 1.56 bits per heavy atom. The van der Waals surface area contributed by atoms with Crippen molar-refractivity contribution in [1.82, 2.24) is 5.32 Å². The van der Waals surface area contributed by atoms with E-state index in [-0.39, 0.29) is 58.9 Å². The van der Waals surface area contributed by atoms with E-state index in [1.165, 1.54) is 0 Å². The van der Waals surface area contributed by atoms with Crippen molar-refractivity contribution < 1.29 is 21.7 Å². The van der Waals surface area contributed by atoms with Crippen molar-refractivity contribution in [2.45, 2.75) is 11.4 Å². The summed E-state index contributed by atoms with van der Waals surface area (Å²) in [5.74, 6) is 0. The van der Waals surface area contributed by atoms with Crippen LogP contribution in [0.3, 0.4) is 0 Å². The van der Waals surface area contributed by atoms with E-state index in [1.54, 1.807) is 7.05 Å². The van der Waals surface area contributed by atoms with E-state index < -0.39 is 4.96 Å². The first kappa shape index (κ1) is 43.7. The Bertz CT molecular complexity index is 116. The van der Waals surface area contributed by atoms with E-state index in [0.717, 1.165) is 6.42 Å². The topological polar surface area (TPSA) is 12.0 Å². The maximum atomic E-state index is 5.12. The molecule has 1 N–H and O–H groups in total. The van der Waals surface area contributed by atoms with Crippen molar-refractivity contribution in [3.8, 4) is 0 Å². The van der Waals surface area contributed by atoms with Crippen LogP contribution in [0.15, 0.2) is 18.2 Å². The second-order valence-corrected chi connectivity index (χ2v) is 2.69. The molecule has 0 fully saturated rings. The molecular weight excluding hydrogens is 277 g/mol. The van der Waals surface area contributed by atoms with Gasteiger partial charge in [0.25, 0.3) is 0 Å². The summed E-state index contributed by atoms with van der Waals surface area (Å²) in [7, 11) is 1.69. The van der Waals surface area contributed by atoms with Gasteiger partial charge < -0.3 is 37.1 Å². The molecular formula is C12H25Cl2NTi-6. The molecule has 0 heterocycles. The van der Waals surface area contributed by atoms with E-state index in [9.17, 15) is 0 Å². The summed E-state index contributed by atoms with van der Waals surface area (Å²) in [4.78, 5) is -0.421. The molecule has 1 aliphatic rings. The summed E-state index contributed by atoms with van der Waals surface area (Å²) in [6.45, 7) is 0. The van der Waals surface area contributed by atoms with E-state index in [0.29, 0.717) is 0 Å². The molecule has 0 aromatic carbocycles. The van der Waals surface area contributed by atoms with Crippen LogP contribution in [-0.4, -0.2) is 12.0 Å². The predicted octanol–water partition coefficient (Wildman–Crippen LogP) is 4.52. The Balaban J connectivity index is -0.0000000147. The normalized spacial score (nSPS) is 8.50. The molecule has 0 saturated heterocycles. The van der Waals surface area contributed by atoms with Crippen molar-refractivity contribution >= 4 is 23.2 Å². The third kappa shape index (κ3) is 46.5. The molecule has 0 spiro atoms. The zero-order valence-corrected chi connectivity index (χ0v) is 14.3. The average molecular weight is 302 g/mol. The molecule has 4 heteroatoms. The smallest absolute Gasteiger partial charge is 0.157 e. The van der Waals surface area contributed by atoms with E-state index >= 15 is 0 Å². The Kier molecular flexibility index (Phi) is 98.5. The van der Waals surface area contributed by atoms with Crippen LogP contribution in [0, 0.1) is 43.2 Å². The van der Waals surface area contributed by atoms with Gasteiger partial charge in [0.1, 0.15) is 0 Å². The number of nitrogens with one attached hydrogen (secondary N) is 1. The van der Waals surface area contributed by atoms with Crippen LogP contribution in [0.4, 0.5) is 0 Å². The molecule has 1 rings (SSSR count). The number of rotatable bonds is 1. The molecule has 1 aliphatic carbocycles. The molecule has 0 unspecified atom stereocenters. The third-order valence-corrected chi connectivity index (χ3v) is 1.24. The van der Waals surface area contributed by atoms with Crippen LogP contribution in [0.5, 0.6) is 0 Å². The van der Waals surface area contributed by atoms with Gasteiger partial charge in [-0.1, -0.05) is 23.2 Å². The minimum absolute atomic E-state index is 0. The molecule has 1 nitrogen and oxygen atoms in total. The first-order valence-electron chi connectivity index (χ1n) is 2.94. The van der Waals surface area contributed by atoms with Gasteiger partial charge in [0, 0.05) is 21.7 Å². The quantitative estimate of drug-likeness (QED) is 0.325. The first-order valence-corrected chi connectivity index (χ1v) is 3.82. The largest absolute Gasteiger partial charge is 0.358 e. The van der Waals surface area contributed by atoms with Crippen LogP contribution >= 0.6 is 23.2 Å². The second kappa shape index (κ2) is 36.0. The van der Waals surface area contributed by atoms with Gasteiger partial charge in [0.2, 0.25) is 0 Å². The maximum Gasteiger partial charge on any atom is 0.157 e. The van der Waals surface area contributed by atoms with Gasteiger partial charge in [-0.05, 0) is 7.05 Å². The maximum absolute atomic E-state index is 5.12. The van der Waals surface area contributed by atoms with Gasteiger partial charge in [-0.25, -0.2) is 12.2 Å². The van der Waals surface area contributed by atoms with Crippen molar-refractivity contribution in [3.63, 3.8) is 0 Å². The Morgan fingerprint density at radius 1 is 1.12 bits per heavy atom. The molecule has 0 radical (unpaired) electrons. The van der Waals surface area contributed by atoms with E-state index in [1.807, 2.05) is 12.2 Å². The minimum Gasteiger partial charge on any atom is -0.358 e. The monoisotopic (exact) mass is 301 g/mol. The summed E-state index contributed by atoms with van der Waals surface area (Å²) in [6.07, 6.45) is 10.0. The van der Waals surface area contributed by atoms with Gasteiger partial charge in [-0.15, -0.1) is 6.42 Å². The average Bonchev–Trinajstić information content (AvgIpc) is 2.43. The molecule has 0 aromatic rings.